The van der Waals surface area contributed by atoms with E-state index in [1.54, 1.807) is 0 Å². The first-order valence-electron chi connectivity index (χ1n) is 7.38. The smallest absolute Gasteiger partial charge is 0.321 e. The van der Waals surface area contributed by atoms with Crippen molar-refractivity contribution < 1.29 is 24.9 Å². The van der Waals surface area contributed by atoms with E-state index in [1.807, 2.05) is 6.92 Å². The molecule has 0 aliphatic carbocycles. The van der Waals surface area contributed by atoms with Crippen LogP contribution < -0.4 is 5.32 Å². The van der Waals surface area contributed by atoms with Crippen molar-refractivity contribution in [2.24, 2.45) is 0 Å². The highest BCUT2D eigenvalue weighted by Gasteiger charge is 2.25. The molecule has 0 aromatic carbocycles. The highest BCUT2D eigenvalue weighted by molar-refractivity contribution is 5.84. The fraction of sp³-hybridized carbons (Fsp3) is 0.857. The molecule has 7 heteroatoms. The van der Waals surface area contributed by atoms with Crippen molar-refractivity contribution >= 4 is 11.9 Å². The lowest BCUT2D eigenvalue weighted by Gasteiger charge is -2.26. The van der Waals surface area contributed by atoms with Gasteiger partial charge in [-0.25, -0.2) is 0 Å². The Bertz CT molecular complexity index is 310. The van der Waals surface area contributed by atoms with E-state index in [9.17, 15) is 19.8 Å². The number of carboxylic acids is 1. The number of nitrogens with zero attached hydrogens (tertiary/aromatic N) is 1. The molecule has 124 valence electrons. The van der Waals surface area contributed by atoms with E-state index in [2.05, 4.69) is 5.32 Å². The highest BCUT2D eigenvalue weighted by Crippen LogP contribution is 2.04. The summed E-state index contributed by atoms with van der Waals surface area (Å²) in [6.45, 7) is 5.76. The Labute approximate surface area is 125 Å². The number of carboxylic acid groups (broad SMARTS) is 1. The molecule has 1 amide bonds. The van der Waals surface area contributed by atoms with Gasteiger partial charge < -0.3 is 25.5 Å². The van der Waals surface area contributed by atoms with Crippen LogP contribution in [0.4, 0.5) is 0 Å². The Morgan fingerprint density at radius 3 is 2.05 bits per heavy atom. The molecule has 3 unspecified atom stereocenters. The van der Waals surface area contributed by atoms with Crippen LogP contribution in [0.1, 0.15) is 40.0 Å². The maximum atomic E-state index is 12.2. The summed E-state index contributed by atoms with van der Waals surface area (Å²) in [6.07, 6.45) is 0.110. The lowest BCUT2D eigenvalue weighted by molar-refractivity contribution is -0.144. The van der Waals surface area contributed by atoms with Gasteiger partial charge in [0.25, 0.3) is 0 Å². The van der Waals surface area contributed by atoms with Crippen LogP contribution >= 0.6 is 0 Å². The third-order valence-electron chi connectivity index (χ3n) is 2.92. The van der Waals surface area contributed by atoms with Gasteiger partial charge in [0.2, 0.25) is 5.91 Å². The van der Waals surface area contributed by atoms with E-state index in [4.69, 9.17) is 5.11 Å². The quantitative estimate of drug-likeness (QED) is 0.394. The van der Waals surface area contributed by atoms with Crippen LogP contribution in [0, 0.1) is 0 Å². The van der Waals surface area contributed by atoms with Crippen LogP contribution in [0.3, 0.4) is 0 Å². The van der Waals surface area contributed by atoms with Crippen molar-refractivity contribution in [1.82, 2.24) is 10.2 Å². The first kappa shape index (κ1) is 19.8. The molecule has 21 heavy (non-hydrogen) atoms. The number of carbonyl (C=O) groups is 2. The minimum Gasteiger partial charge on any atom is -0.480 e. The van der Waals surface area contributed by atoms with Crippen LogP contribution in [0.25, 0.3) is 0 Å². The number of aliphatic carboxylic acids is 1. The number of unbranched alkanes of at least 4 members (excludes halogenated alkanes) is 1. The second-order valence-electron chi connectivity index (χ2n) is 5.40. The fourth-order valence-corrected chi connectivity index (χ4v) is 1.92. The zero-order chi connectivity index (χ0) is 16.4. The predicted octanol–water partition coefficient (Wildman–Crippen LogP) is -0.190. The molecule has 0 saturated carbocycles. The van der Waals surface area contributed by atoms with Gasteiger partial charge in [-0.05, 0) is 26.8 Å². The number of aliphatic hydroxyl groups excluding tert-OH is 2. The minimum atomic E-state index is -1.08. The summed E-state index contributed by atoms with van der Waals surface area (Å²) in [5.41, 5.74) is 0. The summed E-state index contributed by atoms with van der Waals surface area (Å²) >= 11 is 0. The molecule has 0 rings (SSSR count). The third kappa shape index (κ3) is 9.38. The van der Waals surface area contributed by atoms with E-state index >= 15 is 0 Å². The van der Waals surface area contributed by atoms with E-state index in [0.29, 0.717) is 6.54 Å². The second-order valence-corrected chi connectivity index (χ2v) is 5.40. The van der Waals surface area contributed by atoms with Gasteiger partial charge in [0.15, 0.2) is 0 Å². The molecule has 0 aliphatic rings. The molecule has 0 bridgehead atoms. The molecule has 0 saturated heterocycles. The summed E-state index contributed by atoms with van der Waals surface area (Å²) in [5, 5.41) is 30.8. The minimum absolute atomic E-state index is 0.0744. The number of amides is 1. The van der Waals surface area contributed by atoms with Crippen LogP contribution in [-0.4, -0.2) is 70.0 Å². The summed E-state index contributed by atoms with van der Waals surface area (Å²) < 4.78 is 0. The molecule has 0 radical (unpaired) electrons. The monoisotopic (exact) mass is 304 g/mol. The molecule has 3 atom stereocenters. The molecule has 0 heterocycles. The highest BCUT2D eigenvalue weighted by atomic mass is 16.4. The number of hydrogen-bond acceptors (Lipinski definition) is 5. The van der Waals surface area contributed by atoms with Gasteiger partial charge in [-0.3, -0.25) is 9.59 Å². The molecule has 0 aromatic heterocycles. The Balaban J connectivity index is 4.61. The molecular weight excluding hydrogens is 276 g/mol. The van der Waals surface area contributed by atoms with Crippen LogP contribution in [-0.2, 0) is 9.59 Å². The lowest BCUT2D eigenvalue weighted by Crippen LogP contribution is -2.46. The number of aliphatic hydroxyl groups is 2. The topological polar surface area (TPSA) is 110 Å². The zero-order valence-corrected chi connectivity index (χ0v) is 13.1. The van der Waals surface area contributed by atoms with Gasteiger partial charge in [-0.2, -0.15) is 0 Å². The lowest BCUT2D eigenvalue weighted by atomic mass is 10.1. The Hall–Kier alpha value is -1.18. The van der Waals surface area contributed by atoms with E-state index in [1.165, 1.54) is 18.7 Å². The van der Waals surface area contributed by atoms with Gasteiger partial charge in [0.05, 0.1) is 18.6 Å². The largest absolute Gasteiger partial charge is 0.480 e. The Morgan fingerprint density at radius 1 is 1.14 bits per heavy atom. The Kier molecular flexibility index (Phi) is 9.94. The average molecular weight is 304 g/mol. The molecule has 0 fully saturated rings. The molecule has 7 nitrogen and oxygen atoms in total. The van der Waals surface area contributed by atoms with E-state index < -0.39 is 30.1 Å². The molecular formula is C14H28N2O5. The van der Waals surface area contributed by atoms with Crippen molar-refractivity contribution in [3.8, 4) is 0 Å². The SMILES string of the molecule is CCCCNC(CC(=O)N(CC(C)O)CC(C)O)C(=O)O. The van der Waals surface area contributed by atoms with E-state index in [0.717, 1.165) is 12.8 Å². The van der Waals surface area contributed by atoms with Gasteiger partial charge in [-0.15, -0.1) is 0 Å². The third-order valence-corrected chi connectivity index (χ3v) is 2.92. The summed E-state index contributed by atoms with van der Waals surface area (Å²) in [4.78, 5) is 24.6. The average Bonchev–Trinajstić information content (AvgIpc) is 2.35. The zero-order valence-electron chi connectivity index (χ0n) is 13.1. The van der Waals surface area contributed by atoms with Gasteiger partial charge in [-0.1, -0.05) is 13.3 Å². The van der Waals surface area contributed by atoms with Crippen LogP contribution in [0.2, 0.25) is 0 Å². The maximum Gasteiger partial charge on any atom is 0.321 e. The standard InChI is InChI=1S/C14H28N2O5/c1-4-5-6-15-12(14(20)21)7-13(19)16(8-10(2)17)9-11(3)18/h10-12,15,17-18H,4-9H2,1-3H3,(H,20,21). The Morgan fingerprint density at radius 2 is 1.67 bits per heavy atom. The number of nitrogens with one attached hydrogen (secondary N) is 1. The van der Waals surface area contributed by atoms with Gasteiger partial charge >= 0.3 is 5.97 Å². The molecule has 4 N–H and O–H groups in total. The number of hydrogen-bond donors (Lipinski definition) is 4. The summed E-state index contributed by atoms with van der Waals surface area (Å²) in [6, 6.07) is -0.949. The molecule has 0 spiro atoms. The van der Waals surface area contributed by atoms with Crippen molar-refractivity contribution in [3.63, 3.8) is 0 Å². The molecule has 0 aliphatic heterocycles. The van der Waals surface area contributed by atoms with Crippen LogP contribution in [0.15, 0.2) is 0 Å². The van der Waals surface area contributed by atoms with Crippen molar-refractivity contribution in [2.75, 3.05) is 19.6 Å². The molecule has 0 aromatic rings. The first-order chi connectivity index (χ1) is 9.77. The first-order valence-corrected chi connectivity index (χ1v) is 7.38. The summed E-state index contributed by atoms with van der Waals surface area (Å²) in [5.74, 6) is -1.47. The second kappa shape index (κ2) is 10.5. The van der Waals surface area contributed by atoms with E-state index in [-0.39, 0.29) is 19.5 Å². The number of carbonyl (C=O) groups excluding carboxylic acids is 1. The van der Waals surface area contributed by atoms with Gasteiger partial charge in [0.1, 0.15) is 6.04 Å². The predicted molar refractivity (Wildman–Crippen MR) is 78.9 cm³/mol. The number of rotatable bonds is 11. The van der Waals surface area contributed by atoms with Crippen molar-refractivity contribution in [3.05, 3.63) is 0 Å². The normalized spacial score (nSPS) is 15.3. The fourth-order valence-electron chi connectivity index (χ4n) is 1.92. The van der Waals surface area contributed by atoms with Crippen LogP contribution in [0.5, 0.6) is 0 Å². The summed E-state index contributed by atoms with van der Waals surface area (Å²) in [7, 11) is 0. The van der Waals surface area contributed by atoms with Crippen molar-refractivity contribution in [2.45, 2.75) is 58.3 Å². The van der Waals surface area contributed by atoms with Gasteiger partial charge in [0, 0.05) is 13.1 Å². The maximum absolute atomic E-state index is 12.2. The van der Waals surface area contributed by atoms with Crippen molar-refractivity contribution in [1.29, 1.82) is 0 Å².